The number of hydrogen-bond acceptors (Lipinski definition) is 4. The Morgan fingerprint density at radius 3 is 2.75 bits per heavy atom. The number of carbonyl (C=O) groups is 1. The highest BCUT2D eigenvalue weighted by Gasteiger charge is 2.23. The highest BCUT2D eigenvalue weighted by atomic mass is 19.1. The zero-order chi connectivity index (χ0) is 12.3. The van der Waals surface area contributed by atoms with Crippen molar-refractivity contribution in [1.82, 2.24) is 0 Å². The van der Waals surface area contributed by atoms with Gasteiger partial charge in [0.05, 0.1) is 24.8 Å². The van der Waals surface area contributed by atoms with Crippen LogP contribution in [-0.2, 0) is 10.3 Å². The van der Waals surface area contributed by atoms with Crippen molar-refractivity contribution >= 4 is 5.97 Å². The predicted molar refractivity (Wildman–Crippen MR) is 56.4 cm³/mol. The Labute approximate surface area is 92.8 Å². The van der Waals surface area contributed by atoms with Gasteiger partial charge in [0.15, 0.2) is 0 Å². The maximum absolute atomic E-state index is 13.3. The number of benzene rings is 1. The van der Waals surface area contributed by atoms with Crippen LogP contribution >= 0.6 is 0 Å². The molecule has 0 aliphatic heterocycles. The van der Waals surface area contributed by atoms with E-state index < -0.39 is 17.3 Å². The monoisotopic (exact) mass is 227 g/mol. The number of hydrogen-bond donors (Lipinski definition) is 2. The van der Waals surface area contributed by atoms with Crippen LogP contribution in [0.25, 0.3) is 0 Å². The van der Waals surface area contributed by atoms with E-state index in [-0.39, 0.29) is 12.2 Å². The maximum Gasteiger partial charge on any atom is 0.340 e. The summed E-state index contributed by atoms with van der Waals surface area (Å²) in [6.45, 7) is 1.28. The quantitative estimate of drug-likeness (QED) is 0.748. The Morgan fingerprint density at radius 2 is 2.25 bits per heavy atom. The number of esters is 1. The number of aliphatic hydroxyl groups is 1. The van der Waals surface area contributed by atoms with E-state index in [1.54, 1.807) is 6.92 Å². The van der Waals surface area contributed by atoms with Crippen LogP contribution in [0.2, 0.25) is 0 Å². The molecule has 0 amide bonds. The highest BCUT2D eigenvalue weighted by Crippen LogP contribution is 2.20. The molecule has 0 aliphatic rings. The standard InChI is InChI=1S/C11H14FNO3/c1-11(13,6-14)7-3-4-9(12)8(5-7)10(15)16-2/h3-5,14H,6,13H2,1-2H3. The van der Waals surface area contributed by atoms with Gasteiger partial charge in [-0.15, -0.1) is 0 Å². The molecule has 0 aliphatic carbocycles. The van der Waals surface area contributed by atoms with E-state index in [0.29, 0.717) is 5.56 Å². The van der Waals surface area contributed by atoms with Crippen molar-refractivity contribution in [3.63, 3.8) is 0 Å². The molecular formula is C11H14FNO3. The predicted octanol–water partition coefficient (Wildman–Crippen LogP) is 0.778. The zero-order valence-corrected chi connectivity index (χ0v) is 9.16. The zero-order valence-electron chi connectivity index (χ0n) is 9.16. The van der Waals surface area contributed by atoms with Crippen molar-refractivity contribution in [1.29, 1.82) is 0 Å². The molecular weight excluding hydrogens is 213 g/mol. The Hall–Kier alpha value is -1.46. The minimum atomic E-state index is -1.02. The van der Waals surface area contributed by atoms with Crippen molar-refractivity contribution in [3.8, 4) is 0 Å². The number of nitrogens with two attached hydrogens (primary N) is 1. The third-order valence-electron chi connectivity index (χ3n) is 2.36. The average Bonchev–Trinajstić information content (AvgIpc) is 2.28. The molecule has 0 saturated heterocycles. The summed E-state index contributed by atoms with van der Waals surface area (Å²) in [4.78, 5) is 11.2. The summed E-state index contributed by atoms with van der Waals surface area (Å²) < 4.78 is 17.7. The normalized spacial score (nSPS) is 14.3. The molecule has 1 aromatic rings. The second-order valence-electron chi connectivity index (χ2n) is 3.76. The minimum absolute atomic E-state index is 0.190. The fourth-order valence-corrected chi connectivity index (χ4v) is 1.24. The Bertz CT molecular complexity index is 404. The molecule has 0 spiro atoms. The SMILES string of the molecule is COC(=O)c1cc(C(C)(N)CO)ccc1F. The first-order chi connectivity index (χ1) is 7.42. The molecule has 0 fully saturated rings. The maximum atomic E-state index is 13.3. The number of aliphatic hydroxyl groups excluding tert-OH is 1. The molecule has 4 nitrogen and oxygen atoms in total. The van der Waals surface area contributed by atoms with Gasteiger partial charge in [0.1, 0.15) is 5.82 Å². The summed E-state index contributed by atoms with van der Waals surface area (Å²) in [6.07, 6.45) is 0. The summed E-state index contributed by atoms with van der Waals surface area (Å²) >= 11 is 0. The first-order valence-electron chi connectivity index (χ1n) is 4.70. The fraction of sp³-hybridized carbons (Fsp3) is 0.364. The minimum Gasteiger partial charge on any atom is -0.465 e. The van der Waals surface area contributed by atoms with E-state index in [4.69, 9.17) is 10.8 Å². The number of ether oxygens (including phenoxy) is 1. The van der Waals surface area contributed by atoms with Crippen molar-refractivity contribution in [2.45, 2.75) is 12.5 Å². The van der Waals surface area contributed by atoms with Gasteiger partial charge in [0, 0.05) is 0 Å². The van der Waals surface area contributed by atoms with E-state index in [1.807, 2.05) is 0 Å². The molecule has 0 heterocycles. The van der Waals surface area contributed by atoms with Crippen LogP contribution in [0.3, 0.4) is 0 Å². The molecule has 0 aromatic heterocycles. The van der Waals surface area contributed by atoms with Crippen LogP contribution in [0.5, 0.6) is 0 Å². The number of rotatable bonds is 3. The number of methoxy groups -OCH3 is 1. The van der Waals surface area contributed by atoms with E-state index in [2.05, 4.69) is 4.74 Å². The van der Waals surface area contributed by atoms with Gasteiger partial charge in [-0.2, -0.15) is 0 Å². The van der Waals surface area contributed by atoms with Gasteiger partial charge in [-0.3, -0.25) is 0 Å². The lowest BCUT2D eigenvalue weighted by atomic mass is 9.92. The Balaban J connectivity index is 3.22. The molecule has 0 saturated carbocycles. The molecule has 0 bridgehead atoms. The van der Waals surface area contributed by atoms with Crippen LogP contribution in [0, 0.1) is 5.82 Å². The summed E-state index contributed by atoms with van der Waals surface area (Å²) in [5.41, 5.74) is 5.04. The van der Waals surface area contributed by atoms with Crippen molar-refractivity contribution in [3.05, 3.63) is 35.1 Å². The largest absolute Gasteiger partial charge is 0.465 e. The lowest BCUT2D eigenvalue weighted by molar-refractivity contribution is 0.0595. The summed E-state index contributed by atoms with van der Waals surface area (Å²) in [5, 5.41) is 9.07. The lowest BCUT2D eigenvalue weighted by Gasteiger charge is -2.22. The molecule has 0 radical (unpaired) electrons. The van der Waals surface area contributed by atoms with Gasteiger partial charge in [-0.1, -0.05) is 6.07 Å². The van der Waals surface area contributed by atoms with Crippen LogP contribution in [0.4, 0.5) is 4.39 Å². The second-order valence-corrected chi connectivity index (χ2v) is 3.76. The molecule has 1 rings (SSSR count). The third-order valence-corrected chi connectivity index (χ3v) is 2.36. The summed E-state index contributed by atoms with van der Waals surface area (Å²) in [7, 11) is 1.17. The fourth-order valence-electron chi connectivity index (χ4n) is 1.24. The van der Waals surface area contributed by atoms with E-state index in [9.17, 15) is 9.18 Å². The third kappa shape index (κ3) is 2.37. The van der Waals surface area contributed by atoms with Gasteiger partial charge in [0.2, 0.25) is 0 Å². The molecule has 1 unspecified atom stereocenters. The van der Waals surface area contributed by atoms with Crippen molar-refractivity contribution in [2.75, 3.05) is 13.7 Å². The smallest absolute Gasteiger partial charge is 0.340 e. The van der Waals surface area contributed by atoms with Gasteiger partial charge in [0.25, 0.3) is 0 Å². The highest BCUT2D eigenvalue weighted by molar-refractivity contribution is 5.89. The van der Waals surface area contributed by atoms with Crippen molar-refractivity contribution < 1.29 is 19.0 Å². The average molecular weight is 227 g/mol. The summed E-state index contributed by atoms with van der Waals surface area (Å²) in [6, 6.07) is 3.84. The molecule has 88 valence electrons. The number of carbonyl (C=O) groups excluding carboxylic acids is 1. The van der Waals surface area contributed by atoms with E-state index in [1.165, 1.54) is 19.2 Å². The Morgan fingerprint density at radius 1 is 1.62 bits per heavy atom. The van der Waals surface area contributed by atoms with Gasteiger partial charge in [-0.05, 0) is 24.6 Å². The topological polar surface area (TPSA) is 72.5 Å². The van der Waals surface area contributed by atoms with Crippen LogP contribution in [0.1, 0.15) is 22.8 Å². The first-order valence-corrected chi connectivity index (χ1v) is 4.70. The van der Waals surface area contributed by atoms with Crippen LogP contribution < -0.4 is 5.73 Å². The molecule has 1 aromatic carbocycles. The van der Waals surface area contributed by atoms with Gasteiger partial charge in [-0.25, -0.2) is 9.18 Å². The first kappa shape index (κ1) is 12.6. The van der Waals surface area contributed by atoms with Gasteiger partial charge >= 0.3 is 5.97 Å². The van der Waals surface area contributed by atoms with Crippen LogP contribution in [0.15, 0.2) is 18.2 Å². The molecule has 3 N–H and O–H groups in total. The van der Waals surface area contributed by atoms with Crippen molar-refractivity contribution in [2.24, 2.45) is 5.73 Å². The Kier molecular flexibility index (Phi) is 3.62. The second kappa shape index (κ2) is 4.59. The summed E-state index contributed by atoms with van der Waals surface area (Å²) in [5.74, 6) is -1.45. The van der Waals surface area contributed by atoms with E-state index in [0.717, 1.165) is 6.07 Å². The number of halogens is 1. The lowest BCUT2D eigenvalue weighted by Crippen LogP contribution is -2.37. The van der Waals surface area contributed by atoms with E-state index >= 15 is 0 Å². The van der Waals surface area contributed by atoms with Gasteiger partial charge < -0.3 is 15.6 Å². The molecule has 1 atom stereocenters. The molecule has 16 heavy (non-hydrogen) atoms. The van der Waals surface area contributed by atoms with Crippen LogP contribution in [-0.4, -0.2) is 24.8 Å². The molecule has 5 heteroatoms.